The second-order valence-corrected chi connectivity index (χ2v) is 6.76. The molecule has 1 fully saturated rings. The fourth-order valence-electron chi connectivity index (χ4n) is 3.24. The minimum Gasteiger partial charge on any atom is -0.390 e. The largest absolute Gasteiger partial charge is 0.390 e. The highest BCUT2D eigenvalue weighted by Gasteiger charge is 2.21. The normalized spacial score (nSPS) is 19.3. The Labute approximate surface area is 142 Å². The second kappa shape index (κ2) is 7.88. The maximum atomic E-state index is 10.5. The predicted octanol–water partition coefficient (Wildman–Crippen LogP) is 1.45. The number of nitrogens with zero attached hydrogens (tertiary/aromatic N) is 4. The zero-order chi connectivity index (χ0) is 16.9. The molecule has 1 aliphatic rings. The molecule has 2 aromatic rings. The first kappa shape index (κ1) is 17.1. The van der Waals surface area contributed by atoms with Gasteiger partial charge in [-0.25, -0.2) is 4.98 Å². The Morgan fingerprint density at radius 3 is 2.71 bits per heavy atom. The van der Waals surface area contributed by atoms with Gasteiger partial charge in [0.05, 0.1) is 12.6 Å². The molecule has 0 unspecified atom stereocenters. The summed E-state index contributed by atoms with van der Waals surface area (Å²) in [5.41, 5.74) is 0.699. The average molecular weight is 330 g/mol. The molecular weight excluding hydrogens is 304 g/mol. The van der Waals surface area contributed by atoms with Gasteiger partial charge in [0.15, 0.2) is 0 Å². The lowest BCUT2D eigenvalue weighted by Crippen LogP contribution is -2.39. The molecule has 0 amide bonds. The third-order valence-corrected chi connectivity index (χ3v) is 4.75. The fourth-order valence-corrected chi connectivity index (χ4v) is 3.24. The van der Waals surface area contributed by atoms with Gasteiger partial charge in [-0.1, -0.05) is 13.0 Å². The lowest BCUT2D eigenvalue weighted by Gasteiger charge is -2.31. The van der Waals surface area contributed by atoms with Gasteiger partial charge in [-0.2, -0.15) is 0 Å². The average Bonchev–Trinajstić information content (AvgIpc) is 3.05. The Balaban J connectivity index is 1.61. The highest BCUT2D eigenvalue weighted by Crippen LogP contribution is 2.20. The van der Waals surface area contributed by atoms with Gasteiger partial charge in [0.2, 0.25) is 0 Å². The van der Waals surface area contributed by atoms with E-state index in [0.29, 0.717) is 24.5 Å². The van der Waals surface area contributed by atoms with E-state index in [9.17, 15) is 10.2 Å². The first-order valence-corrected chi connectivity index (χ1v) is 8.63. The number of aliphatic hydroxyl groups excluding tert-OH is 2. The van der Waals surface area contributed by atoms with Crippen molar-refractivity contribution in [3.05, 3.63) is 48.3 Å². The molecule has 3 rings (SSSR count). The van der Waals surface area contributed by atoms with Gasteiger partial charge in [-0.15, -0.1) is 0 Å². The monoisotopic (exact) mass is 330 g/mol. The van der Waals surface area contributed by atoms with E-state index in [0.717, 1.165) is 19.0 Å². The van der Waals surface area contributed by atoms with Gasteiger partial charge in [0.25, 0.3) is 0 Å². The molecule has 130 valence electrons. The molecule has 0 radical (unpaired) electrons. The number of likely N-dealkylation sites (tertiary alicyclic amines) is 1. The molecule has 3 heterocycles. The number of hydrogen-bond acceptors (Lipinski definition) is 5. The summed E-state index contributed by atoms with van der Waals surface area (Å²) in [6, 6.07) is 3.61. The van der Waals surface area contributed by atoms with Crippen molar-refractivity contribution in [1.29, 1.82) is 0 Å². The van der Waals surface area contributed by atoms with E-state index in [1.807, 2.05) is 10.6 Å². The minimum absolute atomic E-state index is 0.429. The molecule has 0 bridgehead atoms. The number of imidazole rings is 1. The summed E-state index contributed by atoms with van der Waals surface area (Å²) in [6.45, 7) is 5.47. The van der Waals surface area contributed by atoms with E-state index in [2.05, 4.69) is 21.8 Å². The van der Waals surface area contributed by atoms with Crippen LogP contribution in [0.5, 0.6) is 0 Å². The molecule has 1 saturated heterocycles. The van der Waals surface area contributed by atoms with Gasteiger partial charge in [0.1, 0.15) is 11.9 Å². The molecule has 2 atom stereocenters. The Kier molecular flexibility index (Phi) is 5.60. The van der Waals surface area contributed by atoms with E-state index in [1.165, 1.54) is 12.8 Å². The first-order valence-electron chi connectivity index (χ1n) is 8.63. The number of aromatic nitrogens is 3. The molecule has 2 aromatic heterocycles. The third-order valence-electron chi connectivity index (χ3n) is 4.75. The van der Waals surface area contributed by atoms with Crippen molar-refractivity contribution in [2.24, 2.45) is 5.92 Å². The van der Waals surface area contributed by atoms with Gasteiger partial charge in [-0.3, -0.25) is 4.98 Å². The SMILES string of the molecule is CC1CCN(C[C@@H](O)Cn2ccnc2[C@@H](O)c2cccnc2)CC1. The smallest absolute Gasteiger partial charge is 0.142 e. The molecule has 0 aliphatic carbocycles. The topological polar surface area (TPSA) is 74.4 Å². The molecule has 24 heavy (non-hydrogen) atoms. The Morgan fingerprint density at radius 1 is 1.21 bits per heavy atom. The summed E-state index contributed by atoms with van der Waals surface area (Å²) in [5.74, 6) is 1.32. The quantitative estimate of drug-likeness (QED) is 0.839. The van der Waals surface area contributed by atoms with E-state index in [1.54, 1.807) is 30.9 Å². The van der Waals surface area contributed by atoms with Crippen molar-refractivity contribution in [2.45, 2.75) is 38.5 Å². The predicted molar refractivity (Wildman–Crippen MR) is 91.4 cm³/mol. The van der Waals surface area contributed by atoms with Crippen LogP contribution in [-0.4, -0.2) is 55.4 Å². The minimum atomic E-state index is -0.836. The summed E-state index contributed by atoms with van der Waals surface area (Å²) >= 11 is 0. The highest BCUT2D eigenvalue weighted by molar-refractivity contribution is 5.19. The van der Waals surface area contributed by atoms with Crippen molar-refractivity contribution in [2.75, 3.05) is 19.6 Å². The summed E-state index contributed by atoms with van der Waals surface area (Å²) in [6.07, 6.45) is 7.84. The number of pyridine rings is 1. The standard InChI is InChI=1S/C18H26N4O2/c1-14-4-8-21(9-5-14)12-16(23)13-22-10-7-20-18(22)17(24)15-3-2-6-19-11-15/h2-3,6-7,10-11,14,16-17,23-24H,4-5,8-9,12-13H2,1H3/t16-,17+/m1/s1. The number of hydrogen-bond donors (Lipinski definition) is 2. The third kappa shape index (κ3) is 4.20. The van der Waals surface area contributed by atoms with E-state index in [4.69, 9.17) is 0 Å². The number of aliphatic hydroxyl groups is 2. The zero-order valence-electron chi connectivity index (χ0n) is 14.1. The number of piperidine rings is 1. The summed E-state index contributed by atoms with van der Waals surface area (Å²) < 4.78 is 1.83. The Morgan fingerprint density at radius 2 is 2.00 bits per heavy atom. The molecule has 0 spiro atoms. The first-order chi connectivity index (χ1) is 11.6. The molecule has 6 nitrogen and oxygen atoms in total. The van der Waals surface area contributed by atoms with Crippen molar-refractivity contribution >= 4 is 0 Å². The van der Waals surface area contributed by atoms with Gasteiger partial charge in [0, 0.05) is 36.9 Å². The summed E-state index contributed by atoms with van der Waals surface area (Å²) in [4.78, 5) is 10.6. The van der Waals surface area contributed by atoms with Gasteiger partial charge in [-0.05, 0) is 37.9 Å². The summed E-state index contributed by atoms with van der Waals surface area (Å²) in [7, 11) is 0. The van der Waals surface area contributed by atoms with Crippen LogP contribution in [0.2, 0.25) is 0 Å². The molecular formula is C18H26N4O2. The van der Waals surface area contributed by atoms with Crippen LogP contribution in [0.1, 0.15) is 37.3 Å². The van der Waals surface area contributed by atoms with Crippen LogP contribution >= 0.6 is 0 Å². The summed E-state index contributed by atoms with van der Waals surface area (Å²) in [5, 5.41) is 20.9. The van der Waals surface area contributed by atoms with E-state index < -0.39 is 12.2 Å². The fraction of sp³-hybridized carbons (Fsp3) is 0.556. The van der Waals surface area contributed by atoms with Gasteiger partial charge < -0.3 is 19.7 Å². The second-order valence-electron chi connectivity index (χ2n) is 6.76. The van der Waals surface area contributed by atoms with Crippen LogP contribution in [0, 0.1) is 5.92 Å². The lowest BCUT2D eigenvalue weighted by molar-refractivity contribution is 0.0778. The van der Waals surface area contributed by atoms with Crippen LogP contribution in [0.25, 0.3) is 0 Å². The molecule has 6 heteroatoms. The van der Waals surface area contributed by atoms with Crippen molar-refractivity contribution in [1.82, 2.24) is 19.4 Å². The van der Waals surface area contributed by atoms with E-state index in [-0.39, 0.29) is 0 Å². The lowest BCUT2D eigenvalue weighted by atomic mass is 9.99. The van der Waals surface area contributed by atoms with E-state index >= 15 is 0 Å². The number of β-amino-alcohol motifs (C(OH)–C–C–N with tert-alkyl or cyclic N) is 1. The van der Waals surface area contributed by atoms with Gasteiger partial charge >= 0.3 is 0 Å². The van der Waals surface area contributed by atoms with Crippen molar-refractivity contribution in [3.8, 4) is 0 Å². The molecule has 2 N–H and O–H groups in total. The highest BCUT2D eigenvalue weighted by atomic mass is 16.3. The Bertz CT molecular complexity index is 623. The van der Waals surface area contributed by atoms with Crippen LogP contribution in [-0.2, 0) is 6.54 Å². The molecule has 0 aromatic carbocycles. The molecule has 0 saturated carbocycles. The Hall–Kier alpha value is -1.76. The van der Waals surface area contributed by atoms with Crippen LogP contribution < -0.4 is 0 Å². The zero-order valence-corrected chi connectivity index (χ0v) is 14.1. The van der Waals surface area contributed by atoms with Crippen LogP contribution in [0.3, 0.4) is 0 Å². The van der Waals surface area contributed by atoms with Crippen molar-refractivity contribution in [3.63, 3.8) is 0 Å². The number of rotatable bonds is 6. The van der Waals surface area contributed by atoms with Crippen molar-refractivity contribution < 1.29 is 10.2 Å². The maximum absolute atomic E-state index is 10.5. The van der Waals surface area contributed by atoms with Crippen LogP contribution in [0.4, 0.5) is 0 Å². The molecule has 1 aliphatic heterocycles. The van der Waals surface area contributed by atoms with Crippen LogP contribution in [0.15, 0.2) is 36.9 Å². The maximum Gasteiger partial charge on any atom is 0.142 e.